The van der Waals surface area contributed by atoms with E-state index in [0.717, 1.165) is 19.1 Å². The SMILES string of the molecule is CC(=O)O[C@H]1CCC2=C[C@H](O)C[C@H](C)[C@@]2(C)[C@H]1[C@@H](C)C=O. The highest BCUT2D eigenvalue weighted by molar-refractivity contribution is 5.66. The van der Waals surface area contributed by atoms with E-state index in [9.17, 15) is 14.7 Å². The minimum absolute atomic E-state index is 0.0265. The van der Waals surface area contributed by atoms with Gasteiger partial charge < -0.3 is 14.6 Å². The van der Waals surface area contributed by atoms with Gasteiger partial charge in [0, 0.05) is 18.8 Å². The monoisotopic (exact) mass is 294 g/mol. The van der Waals surface area contributed by atoms with Gasteiger partial charge in [-0.15, -0.1) is 0 Å². The summed E-state index contributed by atoms with van der Waals surface area (Å²) in [6, 6.07) is 0. The highest BCUT2D eigenvalue weighted by atomic mass is 16.5. The molecule has 1 saturated carbocycles. The molecule has 6 atom stereocenters. The van der Waals surface area contributed by atoms with Crippen molar-refractivity contribution < 1.29 is 19.4 Å². The summed E-state index contributed by atoms with van der Waals surface area (Å²) in [6.45, 7) is 7.61. The van der Waals surface area contributed by atoms with Crippen molar-refractivity contribution in [2.45, 2.75) is 59.2 Å². The lowest BCUT2D eigenvalue weighted by Crippen LogP contribution is -2.52. The summed E-state index contributed by atoms with van der Waals surface area (Å²) in [5.41, 5.74) is 1.02. The largest absolute Gasteiger partial charge is 0.462 e. The average molecular weight is 294 g/mol. The number of allylic oxidation sites excluding steroid dienone is 1. The molecule has 21 heavy (non-hydrogen) atoms. The molecular weight excluding hydrogens is 268 g/mol. The van der Waals surface area contributed by atoms with Crippen LogP contribution in [-0.2, 0) is 14.3 Å². The van der Waals surface area contributed by atoms with Crippen LogP contribution in [0, 0.1) is 23.2 Å². The van der Waals surface area contributed by atoms with Crippen LogP contribution in [0.15, 0.2) is 11.6 Å². The van der Waals surface area contributed by atoms with Crippen molar-refractivity contribution in [1.29, 1.82) is 0 Å². The van der Waals surface area contributed by atoms with E-state index in [-0.39, 0.29) is 35.2 Å². The van der Waals surface area contributed by atoms with E-state index in [0.29, 0.717) is 6.42 Å². The predicted molar refractivity (Wildman–Crippen MR) is 79.5 cm³/mol. The van der Waals surface area contributed by atoms with Crippen molar-refractivity contribution in [1.82, 2.24) is 0 Å². The zero-order valence-electron chi connectivity index (χ0n) is 13.3. The molecule has 0 amide bonds. The lowest BCUT2D eigenvalue weighted by Gasteiger charge is -2.54. The van der Waals surface area contributed by atoms with Gasteiger partial charge >= 0.3 is 5.97 Å². The van der Waals surface area contributed by atoms with Crippen LogP contribution >= 0.6 is 0 Å². The van der Waals surface area contributed by atoms with Crippen molar-refractivity contribution in [3.63, 3.8) is 0 Å². The molecule has 1 N–H and O–H groups in total. The molecule has 118 valence electrons. The van der Waals surface area contributed by atoms with Crippen LogP contribution in [0.2, 0.25) is 0 Å². The Morgan fingerprint density at radius 1 is 1.57 bits per heavy atom. The summed E-state index contributed by atoms with van der Waals surface area (Å²) in [7, 11) is 0. The fraction of sp³-hybridized carbons (Fsp3) is 0.765. The summed E-state index contributed by atoms with van der Waals surface area (Å²) >= 11 is 0. The van der Waals surface area contributed by atoms with E-state index in [1.165, 1.54) is 12.5 Å². The number of hydrogen-bond donors (Lipinski definition) is 1. The summed E-state index contributed by atoms with van der Waals surface area (Å²) < 4.78 is 5.53. The van der Waals surface area contributed by atoms with Crippen LogP contribution in [0.5, 0.6) is 0 Å². The number of aliphatic hydroxyl groups excluding tert-OH is 1. The fourth-order valence-electron chi connectivity index (χ4n) is 4.48. The summed E-state index contributed by atoms with van der Waals surface area (Å²) in [5, 5.41) is 10.00. The first-order valence-electron chi connectivity index (χ1n) is 7.82. The Morgan fingerprint density at radius 3 is 2.81 bits per heavy atom. The third-order valence-electron chi connectivity index (χ3n) is 5.59. The maximum absolute atomic E-state index is 11.4. The number of esters is 1. The first kappa shape index (κ1) is 16.2. The van der Waals surface area contributed by atoms with Gasteiger partial charge in [-0.2, -0.15) is 0 Å². The first-order valence-corrected chi connectivity index (χ1v) is 7.82. The molecule has 0 saturated heterocycles. The lowest BCUT2D eigenvalue weighted by atomic mass is 9.52. The number of hydrogen-bond acceptors (Lipinski definition) is 4. The minimum atomic E-state index is -0.402. The molecule has 2 aliphatic rings. The third kappa shape index (κ3) is 2.78. The molecule has 0 bridgehead atoms. The number of fused-ring (bicyclic) bond motifs is 1. The van der Waals surface area contributed by atoms with Crippen molar-refractivity contribution in [3.8, 4) is 0 Å². The maximum atomic E-state index is 11.4. The van der Waals surface area contributed by atoms with Crippen molar-refractivity contribution in [2.75, 3.05) is 0 Å². The second-order valence-electron chi connectivity index (χ2n) is 6.89. The molecule has 0 heterocycles. The first-order chi connectivity index (χ1) is 9.80. The van der Waals surface area contributed by atoms with E-state index in [1.807, 2.05) is 13.0 Å². The van der Waals surface area contributed by atoms with Crippen LogP contribution < -0.4 is 0 Å². The second-order valence-corrected chi connectivity index (χ2v) is 6.89. The molecule has 4 heteroatoms. The zero-order chi connectivity index (χ0) is 15.8. The van der Waals surface area contributed by atoms with Crippen LogP contribution in [0.25, 0.3) is 0 Å². The molecule has 0 aromatic rings. The Morgan fingerprint density at radius 2 is 2.24 bits per heavy atom. The molecule has 0 unspecified atom stereocenters. The summed E-state index contributed by atoms with van der Waals surface area (Å²) in [4.78, 5) is 22.8. The predicted octanol–water partition coefficient (Wildman–Crippen LogP) is 2.50. The van der Waals surface area contributed by atoms with Crippen molar-refractivity contribution in [2.24, 2.45) is 23.2 Å². The van der Waals surface area contributed by atoms with E-state index in [2.05, 4.69) is 13.8 Å². The van der Waals surface area contributed by atoms with Crippen molar-refractivity contribution >= 4 is 12.3 Å². The van der Waals surface area contributed by atoms with Crippen LogP contribution in [0.4, 0.5) is 0 Å². The standard InChI is InChI=1S/C17H26O4/c1-10(9-18)16-15(21-12(3)19)6-5-13-8-14(20)7-11(2)17(13,16)4/h8-11,14-16,20H,5-7H2,1-4H3/t10-,11-,14+,15-,16-,17+/m0/s1. The molecule has 0 aromatic heterocycles. The van der Waals surface area contributed by atoms with Gasteiger partial charge in [0.05, 0.1) is 6.10 Å². The molecule has 2 rings (SSSR count). The molecule has 0 spiro atoms. The van der Waals surface area contributed by atoms with Gasteiger partial charge in [-0.3, -0.25) is 4.79 Å². The fourth-order valence-corrected chi connectivity index (χ4v) is 4.48. The number of ether oxygens (including phenoxy) is 1. The summed E-state index contributed by atoms with van der Waals surface area (Å²) in [5.74, 6) is -0.247. The normalized spacial score (nSPS) is 40.7. The van der Waals surface area contributed by atoms with Crippen molar-refractivity contribution in [3.05, 3.63) is 11.6 Å². The number of carbonyl (C=O) groups excluding carboxylic acids is 2. The van der Waals surface area contributed by atoms with E-state index in [1.54, 1.807) is 0 Å². The lowest BCUT2D eigenvalue weighted by molar-refractivity contribution is -0.159. The Bertz CT molecular complexity index is 456. The Balaban J connectivity index is 2.44. The van der Waals surface area contributed by atoms with Gasteiger partial charge in [-0.05, 0) is 30.6 Å². The molecule has 1 fully saturated rings. The Kier molecular flexibility index (Phi) is 4.57. The highest BCUT2D eigenvalue weighted by Crippen LogP contribution is 2.56. The summed E-state index contributed by atoms with van der Waals surface area (Å²) in [6.07, 6.45) is 4.53. The molecule has 4 nitrogen and oxygen atoms in total. The highest BCUT2D eigenvalue weighted by Gasteiger charge is 2.53. The molecule has 0 aromatic carbocycles. The number of aliphatic hydroxyl groups is 1. The molecule has 0 radical (unpaired) electrons. The van der Waals surface area contributed by atoms with Gasteiger partial charge in [0.25, 0.3) is 0 Å². The quantitative estimate of drug-likeness (QED) is 0.493. The number of carbonyl (C=O) groups is 2. The van der Waals surface area contributed by atoms with E-state index < -0.39 is 6.10 Å². The molecular formula is C17H26O4. The van der Waals surface area contributed by atoms with Crippen LogP contribution in [0.3, 0.4) is 0 Å². The smallest absolute Gasteiger partial charge is 0.302 e. The van der Waals surface area contributed by atoms with Crippen LogP contribution in [0.1, 0.15) is 47.0 Å². The van der Waals surface area contributed by atoms with Gasteiger partial charge in [0.2, 0.25) is 0 Å². The zero-order valence-corrected chi connectivity index (χ0v) is 13.3. The number of aldehydes is 1. The average Bonchev–Trinajstić information content (AvgIpc) is 2.39. The second kappa shape index (κ2) is 5.91. The molecule has 0 aliphatic heterocycles. The van der Waals surface area contributed by atoms with Gasteiger partial charge in [0.15, 0.2) is 0 Å². The molecule has 2 aliphatic carbocycles. The van der Waals surface area contributed by atoms with E-state index >= 15 is 0 Å². The van der Waals surface area contributed by atoms with Crippen LogP contribution in [-0.4, -0.2) is 29.6 Å². The topological polar surface area (TPSA) is 63.6 Å². The van der Waals surface area contributed by atoms with Gasteiger partial charge in [-0.1, -0.05) is 32.4 Å². The third-order valence-corrected chi connectivity index (χ3v) is 5.59. The van der Waals surface area contributed by atoms with E-state index in [4.69, 9.17) is 4.74 Å². The Labute approximate surface area is 126 Å². The maximum Gasteiger partial charge on any atom is 0.302 e. The Hall–Kier alpha value is -1.16. The minimum Gasteiger partial charge on any atom is -0.462 e. The number of rotatable bonds is 3. The van der Waals surface area contributed by atoms with Gasteiger partial charge in [-0.25, -0.2) is 0 Å². The van der Waals surface area contributed by atoms with Gasteiger partial charge in [0.1, 0.15) is 12.4 Å².